The summed E-state index contributed by atoms with van der Waals surface area (Å²) < 4.78 is 7.47. The van der Waals surface area contributed by atoms with Crippen LogP contribution in [0, 0.1) is 0 Å². The Morgan fingerprint density at radius 2 is 2.12 bits per heavy atom. The van der Waals surface area contributed by atoms with Crippen LogP contribution in [0.2, 0.25) is 5.15 Å². The summed E-state index contributed by atoms with van der Waals surface area (Å²) in [6.07, 6.45) is 5.48. The van der Waals surface area contributed by atoms with Crippen molar-refractivity contribution < 1.29 is 4.74 Å². The van der Waals surface area contributed by atoms with Gasteiger partial charge in [0.1, 0.15) is 10.9 Å². The van der Waals surface area contributed by atoms with Crippen LogP contribution in [0.15, 0.2) is 24.7 Å². The minimum Gasteiger partial charge on any atom is -0.490 e. The molecule has 90 valence electrons. The van der Waals surface area contributed by atoms with Crippen molar-refractivity contribution in [1.82, 2.24) is 14.8 Å². The van der Waals surface area contributed by atoms with Gasteiger partial charge in [0.2, 0.25) is 0 Å². The molecule has 0 fully saturated rings. The molecule has 0 aromatic carbocycles. The van der Waals surface area contributed by atoms with Gasteiger partial charge >= 0.3 is 0 Å². The van der Waals surface area contributed by atoms with Gasteiger partial charge < -0.3 is 4.74 Å². The quantitative estimate of drug-likeness (QED) is 0.788. The number of hydrogen-bond acceptors (Lipinski definition) is 3. The molecule has 0 amide bonds. The van der Waals surface area contributed by atoms with Crippen molar-refractivity contribution >= 4 is 11.6 Å². The molecule has 0 aliphatic heterocycles. The molecule has 2 heterocycles. The van der Waals surface area contributed by atoms with E-state index in [0.29, 0.717) is 5.15 Å². The van der Waals surface area contributed by atoms with Crippen LogP contribution >= 0.6 is 11.6 Å². The van der Waals surface area contributed by atoms with Crippen molar-refractivity contribution in [3.8, 4) is 16.9 Å². The van der Waals surface area contributed by atoms with E-state index < -0.39 is 0 Å². The van der Waals surface area contributed by atoms with Gasteiger partial charge in [-0.05, 0) is 13.8 Å². The summed E-state index contributed by atoms with van der Waals surface area (Å²) in [5.41, 5.74) is 1.86. The molecule has 0 bridgehead atoms. The van der Waals surface area contributed by atoms with Crippen LogP contribution in [0.4, 0.5) is 0 Å². The lowest BCUT2D eigenvalue weighted by Crippen LogP contribution is -2.06. The average molecular weight is 252 g/mol. The lowest BCUT2D eigenvalue weighted by molar-refractivity contribution is 0.243. The van der Waals surface area contributed by atoms with E-state index in [0.717, 1.165) is 16.9 Å². The zero-order valence-corrected chi connectivity index (χ0v) is 10.8. The normalized spacial score (nSPS) is 10.9. The highest BCUT2D eigenvalue weighted by Crippen LogP contribution is 2.31. The molecule has 2 rings (SSSR count). The molecule has 5 heteroatoms. The van der Waals surface area contributed by atoms with Gasteiger partial charge in [-0.3, -0.25) is 4.68 Å². The summed E-state index contributed by atoms with van der Waals surface area (Å²) in [7, 11) is 1.87. The maximum absolute atomic E-state index is 5.88. The molecule has 0 saturated carbocycles. The third-order valence-corrected chi connectivity index (χ3v) is 2.42. The van der Waals surface area contributed by atoms with Gasteiger partial charge in [-0.25, -0.2) is 4.98 Å². The molecular weight excluding hydrogens is 238 g/mol. The second-order valence-electron chi connectivity index (χ2n) is 4.07. The van der Waals surface area contributed by atoms with Crippen LogP contribution in [-0.2, 0) is 7.05 Å². The lowest BCUT2D eigenvalue weighted by atomic mass is 10.1. The molecule has 0 radical (unpaired) electrons. The SMILES string of the molecule is CC(C)Oc1cc(Cl)ncc1-c1cnn(C)c1. The molecule has 4 nitrogen and oxygen atoms in total. The summed E-state index contributed by atoms with van der Waals surface area (Å²) in [5, 5.41) is 4.56. The van der Waals surface area contributed by atoms with Crippen LogP contribution in [0.25, 0.3) is 11.1 Å². The van der Waals surface area contributed by atoms with Crippen molar-refractivity contribution in [3.63, 3.8) is 0 Å². The van der Waals surface area contributed by atoms with Crippen molar-refractivity contribution in [2.24, 2.45) is 7.05 Å². The highest BCUT2D eigenvalue weighted by molar-refractivity contribution is 6.29. The number of rotatable bonds is 3. The van der Waals surface area contributed by atoms with E-state index in [2.05, 4.69) is 10.1 Å². The van der Waals surface area contributed by atoms with Gasteiger partial charge in [0.15, 0.2) is 0 Å². The van der Waals surface area contributed by atoms with Crippen LogP contribution in [0.5, 0.6) is 5.75 Å². The molecule has 0 atom stereocenters. The van der Waals surface area contributed by atoms with E-state index in [1.165, 1.54) is 0 Å². The van der Waals surface area contributed by atoms with Gasteiger partial charge in [-0.1, -0.05) is 11.6 Å². The number of nitrogens with zero attached hydrogens (tertiary/aromatic N) is 3. The Hall–Kier alpha value is -1.55. The van der Waals surface area contributed by atoms with Crippen LogP contribution in [0.1, 0.15) is 13.8 Å². The standard InChI is InChI=1S/C12H14ClN3O/c1-8(2)17-11-4-12(13)14-6-10(11)9-5-15-16(3)7-9/h4-8H,1-3H3. The molecule has 0 aliphatic carbocycles. The lowest BCUT2D eigenvalue weighted by Gasteiger charge is -2.13. The first kappa shape index (κ1) is 11.9. The fourth-order valence-corrected chi connectivity index (χ4v) is 1.69. The van der Waals surface area contributed by atoms with Crippen LogP contribution in [-0.4, -0.2) is 20.9 Å². The van der Waals surface area contributed by atoms with Crippen LogP contribution < -0.4 is 4.74 Å². The zero-order valence-electron chi connectivity index (χ0n) is 10.0. The van der Waals surface area contributed by atoms with E-state index in [-0.39, 0.29) is 6.10 Å². The fourth-order valence-electron chi connectivity index (χ4n) is 1.54. The summed E-state index contributed by atoms with van der Waals surface area (Å²) in [4.78, 5) is 4.08. The number of pyridine rings is 1. The second kappa shape index (κ2) is 4.75. The number of aryl methyl sites for hydroxylation is 1. The molecule has 0 saturated heterocycles. The topological polar surface area (TPSA) is 39.9 Å². The maximum atomic E-state index is 5.88. The Bertz CT molecular complexity index is 522. The van der Waals surface area contributed by atoms with Crippen molar-refractivity contribution in [1.29, 1.82) is 0 Å². The van der Waals surface area contributed by atoms with Gasteiger partial charge in [0.25, 0.3) is 0 Å². The Morgan fingerprint density at radius 3 is 2.71 bits per heavy atom. The molecule has 0 spiro atoms. The third-order valence-electron chi connectivity index (χ3n) is 2.21. The first-order valence-electron chi connectivity index (χ1n) is 5.37. The van der Waals surface area contributed by atoms with Crippen LogP contribution in [0.3, 0.4) is 0 Å². The number of ether oxygens (including phenoxy) is 1. The van der Waals surface area contributed by atoms with Crippen molar-refractivity contribution in [3.05, 3.63) is 29.8 Å². The highest BCUT2D eigenvalue weighted by atomic mass is 35.5. The fraction of sp³-hybridized carbons (Fsp3) is 0.333. The minimum absolute atomic E-state index is 0.0869. The van der Waals surface area contributed by atoms with E-state index in [1.807, 2.05) is 27.1 Å². The van der Waals surface area contributed by atoms with Gasteiger partial charge in [0, 0.05) is 36.6 Å². The number of hydrogen-bond donors (Lipinski definition) is 0. The smallest absolute Gasteiger partial charge is 0.132 e. The van der Waals surface area contributed by atoms with Gasteiger partial charge in [-0.2, -0.15) is 5.10 Å². The van der Waals surface area contributed by atoms with E-state index in [1.54, 1.807) is 23.1 Å². The molecular formula is C12H14ClN3O. The largest absolute Gasteiger partial charge is 0.490 e. The molecule has 0 aliphatic rings. The Labute approximate surface area is 105 Å². The van der Waals surface area contributed by atoms with Crippen molar-refractivity contribution in [2.45, 2.75) is 20.0 Å². The molecule has 0 N–H and O–H groups in total. The van der Waals surface area contributed by atoms with E-state index in [4.69, 9.17) is 16.3 Å². The summed E-state index contributed by atoms with van der Waals surface area (Å²) in [6.45, 7) is 3.95. The summed E-state index contributed by atoms with van der Waals surface area (Å²) in [6, 6.07) is 1.73. The van der Waals surface area contributed by atoms with E-state index >= 15 is 0 Å². The summed E-state index contributed by atoms with van der Waals surface area (Å²) in [5.74, 6) is 0.730. The van der Waals surface area contributed by atoms with E-state index in [9.17, 15) is 0 Å². The van der Waals surface area contributed by atoms with Gasteiger partial charge in [0.05, 0.1) is 12.3 Å². The zero-order chi connectivity index (χ0) is 12.4. The Kier molecular flexibility index (Phi) is 3.33. The van der Waals surface area contributed by atoms with Crippen molar-refractivity contribution in [2.75, 3.05) is 0 Å². The molecule has 2 aromatic rings. The third kappa shape index (κ3) is 2.77. The molecule has 17 heavy (non-hydrogen) atoms. The predicted octanol–water partition coefficient (Wildman–Crippen LogP) is 2.92. The second-order valence-corrected chi connectivity index (χ2v) is 4.46. The average Bonchev–Trinajstić information content (AvgIpc) is 2.64. The monoisotopic (exact) mass is 251 g/mol. The molecule has 0 unspecified atom stereocenters. The van der Waals surface area contributed by atoms with Gasteiger partial charge in [-0.15, -0.1) is 0 Å². The maximum Gasteiger partial charge on any atom is 0.132 e. The Morgan fingerprint density at radius 1 is 1.35 bits per heavy atom. The number of halogens is 1. The number of aromatic nitrogens is 3. The minimum atomic E-state index is 0.0869. The summed E-state index contributed by atoms with van der Waals surface area (Å²) >= 11 is 5.88. The Balaban J connectivity index is 2.45. The molecule has 2 aromatic heterocycles. The predicted molar refractivity (Wildman–Crippen MR) is 67.2 cm³/mol. The first-order valence-corrected chi connectivity index (χ1v) is 5.75. The first-order chi connectivity index (χ1) is 8.06. The highest BCUT2D eigenvalue weighted by Gasteiger charge is 2.11.